The monoisotopic (exact) mass is 445 g/mol. The van der Waals surface area contributed by atoms with Gasteiger partial charge in [0.1, 0.15) is 23.0 Å². The van der Waals surface area contributed by atoms with Crippen molar-refractivity contribution < 1.29 is 37.1 Å². The van der Waals surface area contributed by atoms with Gasteiger partial charge in [-0.3, -0.25) is 0 Å². The van der Waals surface area contributed by atoms with Crippen molar-refractivity contribution in [2.24, 2.45) is 5.92 Å². The summed E-state index contributed by atoms with van der Waals surface area (Å²) < 4.78 is 53.2. The first-order valence-corrected chi connectivity index (χ1v) is 9.51. The fourth-order valence-corrected chi connectivity index (χ4v) is 2.45. The Bertz CT molecular complexity index is 904. The number of amides is 1. The number of benzene rings is 1. The number of rotatable bonds is 6. The number of nitrogens with one attached hydrogen (secondary N) is 1. The van der Waals surface area contributed by atoms with E-state index in [1.165, 1.54) is 25.1 Å². The van der Waals surface area contributed by atoms with Gasteiger partial charge in [0, 0.05) is 5.56 Å². The van der Waals surface area contributed by atoms with Gasteiger partial charge in [-0.05, 0) is 39.7 Å². The van der Waals surface area contributed by atoms with Crippen LogP contribution in [0.15, 0.2) is 28.8 Å². The van der Waals surface area contributed by atoms with E-state index in [1.807, 2.05) is 0 Å². The standard InChI is InChI=1S/C20H26F3N3O5/c1-11(2)19(6,28)16-25-15(26-31-16)14(24-17(27)30-18(3,4)5)12-9-7-8-10-13(12)29-20(21,22)23/h7-11,14,28H,1-6H3,(H,24,27)/t14-,19-/m0/s1. The summed E-state index contributed by atoms with van der Waals surface area (Å²) >= 11 is 0. The maximum Gasteiger partial charge on any atom is 0.573 e. The molecule has 0 saturated carbocycles. The quantitative estimate of drug-likeness (QED) is 0.677. The molecule has 0 fully saturated rings. The molecular formula is C20H26F3N3O5. The van der Waals surface area contributed by atoms with Crippen LogP contribution in [0.3, 0.4) is 0 Å². The van der Waals surface area contributed by atoms with E-state index in [1.54, 1.807) is 34.6 Å². The highest BCUT2D eigenvalue weighted by Crippen LogP contribution is 2.34. The Morgan fingerprint density at radius 1 is 1.16 bits per heavy atom. The topological polar surface area (TPSA) is 107 Å². The molecule has 0 bridgehead atoms. The summed E-state index contributed by atoms with van der Waals surface area (Å²) in [5, 5.41) is 16.8. The number of ether oxygens (including phenoxy) is 2. The van der Waals surface area contributed by atoms with E-state index in [4.69, 9.17) is 9.26 Å². The molecule has 1 aromatic carbocycles. The number of para-hydroxylation sites is 1. The summed E-state index contributed by atoms with van der Waals surface area (Å²) in [4.78, 5) is 16.5. The first-order chi connectivity index (χ1) is 14.1. The zero-order valence-corrected chi connectivity index (χ0v) is 18.1. The van der Waals surface area contributed by atoms with Crippen molar-refractivity contribution in [3.63, 3.8) is 0 Å². The summed E-state index contributed by atoms with van der Waals surface area (Å²) in [6.45, 7) is 9.82. The first-order valence-electron chi connectivity index (χ1n) is 9.51. The molecular weight excluding hydrogens is 419 g/mol. The summed E-state index contributed by atoms with van der Waals surface area (Å²) in [5.74, 6) is -1.19. The lowest BCUT2D eigenvalue weighted by molar-refractivity contribution is -0.275. The third-order valence-corrected chi connectivity index (χ3v) is 4.37. The van der Waals surface area contributed by atoms with Gasteiger partial charge in [0.25, 0.3) is 5.89 Å². The van der Waals surface area contributed by atoms with Crippen molar-refractivity contribution in [2.45, 2.75) is 65.1 Å². The number of hydrogen-bond donors (Lipinski definition) is 2. The highest BCUT2D eigenvalue weighted by atomic mass is 19.4. The van der Waals surface area contributed by atoms with Crippen molar-refractivity contribution >= 4 is 6.09 Å². The summed E-state index contributed by atoms with van der Waals surface area (Å²) in [5.41, 5.74) is -2.44. The smallest absolute Gasteiger partial charge is 0.444 e. The summed E-state index contributed by atoms with van der Waals surface area (Å²) in [7, 11) is 0. The molecule has 0 unspecified atom stereocenters. The molecule has 0 aliphatic rings. The fourth-order valence-electron chi connectivity index (χ4n) is 2.45. The molecule has 1 amide bonds. The van der Waals surface area contributed by atoms with Crippen LogP contribution in [0.25, 0.3) is 0 Å². The van der Waals surface area contributed by atoms with E-state index in [0.717, 1.165) is 6.07 Å². The molecule has 0 aliphatic carbocycles. The lowest BCUT2D eigenvalue weighted by Crippen LogP contribution is -2.36. The second-order valence-electron chi connectivity index (χ2n) is 8.42. The molecule has 0 saturated heterocycles. The number of halogens is 3. The van der Waals surface area contributed by atoms with Gasteiger partial charge in [-0.25, -0.2) is 4.79 Å². The number of alkyl carbamates (subject to hydrolysis) is 1. The van der Waals surface area contributed by atoms with Crippen LogP contribution in [0.4, 0.5) is 18.0 Å². The number of carbonyl (C=O) groups is 1. The average Bonchev–Trinajstić information content (AvgIpc) is 3.08. The van der Waals surface area contributed by atoms with E-state index in [0.29, 0.717) is 0 Å². The number of hydrogen-bond acceptors (Lipinski definition) is 7. The van der Waals surface area contributed by atoms with Crippen LogP contribution in [0.2, 0.25) is 0 Å². The molecule has 31 heavy (non-hydrogen) atoms. The predicted molar refractivity (Wildman–Crippen MR) is 103 cm³/mol. The molecule has 172 valence electrons. The van der Waals surface area contributed by atoms with Gasteiger partial charge in [0.05, 0.1) is 0 Å². The van der Waals surface area contributed by atoms with E-state index in [2.05, 4.69) is 20.2 Å². The third-order valence-electron chi connectivity index (χ3n) is 4.37. The maximum atomic E-state index is 12.9. The number of aliphatic hydroxyl groups is 1. The maximum absolute atomic E-state index is 12.9. The van der Waals surface area contributed by atoms with E-state index >= 15 is 0 Å². The number of alkyl halides is 3. The molecule has 0 spiro atoms. The number of carbonyl (C=O) groups excluding carboxylic acids is 1. The fraction of sp³-hybridized carbons (Fsp3) is 0.550. The van der Waals surface area contributed by atoms with Gasteiger partial charge in [0.15, 0.2) is 5.82 Å². The van der Waals surface area contributed by atoms with Crippen LogP contribution in [0.1, 0.15) is 64.9 Å². The van der Waals surface area contributed by atoms with E-state index in [-0.39, 0.29) is 23.2 Å². The lowest BCUT2D eigenvalue weighted by Gasteiger charge is -2.24. The van der Waals surface area contributed by atoms with Crippen molar-refractivity contribution in [2.75, 3.05) is 0 Å². The Kier molecular flexibility index (Phi) is 6.89. The highest BCUT2D eigenvalue weighted by Gasteiger charge is 2.37. The zero-order chi connectivity index (χ0) is 23.6. The molecule has 11 heteroatoms. The van der Waals surface area contributed by atoms with Gasteiger partial charge in [-0.15, -0.1) is 13.2 Å². The van der Waals surface area contributed by atoms with Crippen molar-refractivity contribution in [3.8, 4) is 5.75 Å². The van der Waals surface area contributed by atoms with Crippen LogP contribution >= 0.6 is 0 Å². The molecule has 1 heterocycles. The molecule has 0 aliphatic heterocycles. The first kappa shape index (κ1) is 24.4. The normalized spacial score (nSPS) is 15.3. The zero-order valence-electron chi connectivity index (χ0n) is 18.1. The molecule has 2 atom stereocenters. The molecule has 0 radical (unpaired) electrons. The van der Waals surface area contributed by atoms with Gasteiger partial charge in [-0.2, -0.15) is 4.98 Å². The van der Waals surface area contributed by atoms with Crippen molar-refractivity contribution in [1.82, 2.24) is 15.5 Å². The Labute approximate surface area is 177 Å². The Hall–Kier alpha value is -2.82. The lowest BCUT2D eigenvalue weighted by atomic mass is 9.92. The van der Waals surface area contributed by atoms with Gasteiger partial charge >= 0.3 is 12.5 Å². The van der Waals surface area contributed by atoms with Gasteiger partial charge in [-0.1, -0.05) is 37.2 Å². The molecule has 2 rings (SSSR count). The molecule has 2 N–H and O–H groups in total. The third kappa shape index (κ3) is 6.58. The second kappa shape index (κ2) is 8.74. The SMILES string of the molecule is CC(C)[C@](C)(O)c1nc([C@@H](NC(=O)OC(C)(C)C)c2ccccc2OC(F)(F)F)no1. The summed E-state index contributed by atoms with van der Waals surface area (Å²) in [6.07, 6.45) is -5.88. The largest absolute Gasteiger partial charge is 0.573 e. The van der Waals surface area contributed by atoms with Gasteiger partial charge in [0.2, 0.25) is 0 Å². The minimum atomic E-state index is -4.96. The van der Waals surface area contributed by atoms with Crippen LogP contribution in [-0.4, -0.2) is 33.3 Å². The van der Waals surface area contributed by atoms with Crippen LogP contribution in [0, 0.1) is 5.92 Å². The van der Waals surface area contributed by atoms with E-state index < -0.39 is 35.4 Å². The highest BCUT2D eigenvalue weighted by molar-refractivity contribution is 5.69. The summed E-state index contributed by atoms with van der Waals surface area (Å²) in [6, 6.07) is 3.92. The molecule has 2 aromatic rings. The predicted octanol–water partition coefficient (Wildman–Crippen LogP) is 4.45. The number of aromatic nitrogens is 2. The van der Waals surface area contributed by atoms with Crippen LogP contribution in [-0.2, 0) is 10.3 Å². The van der Waals surface area contributed by atoms with E-state index in [9.17, 15) is 23.1 Å². The Balaban J connectivity index is 2.52. The average molecular weight is 445 g/mol. The van der Waals surface area contributed by atoms with Crippen molar-refractivity contribution in [3.05, 3.63) is 41.5 Å². The minimum Gasteiger partial charge on any atom is -0.444 e. The second-order valence-corrected chi connectivity index (χ2v) is 8.42. The minimum absolute atomic E-state index is 0.0813. The Morgan fingerprint density at radius 2 is 1.77 bits per heavy atom. The molecule has 1 aromatic heterocycles. The molecule has 8 nitrogen and oxygen atoms in total. The van der Waals surface area contributed by atoms with Crippen LogP contribution < -0.4 is 10.1 Å². The van der Waals surface area contributed by atoms with Gasteiger partial charge < -0.3 is 24.4 Å². The Morgan fingerprint density at radius 3 is 2.32 bits per heavy atom. The van der Waals surface area contributed by atoms with Crippen molar-refractivity contribution in [1.29, 1.82) is 0 Å². The van der Waals surface area contributed by atoms with Crippen LogP contribution in [0.5, 0.6) is 5.75 Å². The number of nitrogens with zero attached hydrogens (tertiary/aromatic N) is 2.